The first kappa shape index (κ1) is 10.7. The molecule has 0 aromatic rings. The second-order valence-corrected chi connectivity index (χ2v) is 3.95. The van der Waals surface area contributed by atoms with Gasteiger partial charge in [-0.15, -0.1) is 0 Å². The van der Waals surface area contributed by atoms with Crippen molar-refractivity contribution in [3.63, 3.8) is 0 Å². The summed E-state index contributed by atoms with van der Waals surface area (Å²) in [6, 6.07) is -1.26. The van der Waals surface area contributed by atoms with Gasteiger partial charge in [-0.2, -0.15) is 0 Å². The molecule has 1 heterocycles. The van der Waals surface area contributed by atoms with E-state index in [1.54, 1.807) is 0 Å². The molecule has 0 aromatic heterocycles. The molecule has 0 unspecified atom stereocenters. The lowest BCUT2D eigenvalue weighted by Crippen LogP contribution is -2.42. The minimum absolute atomic E-state index is 0.00972. The highest BCUT2D eigenvalue weighted by Gasteiger charge is 2.45. The minimum atomic E-state index is -1.49. The predicted octanol–water partition coefficient (Wildman–Crippen LogP) is 0.830. The lowest BCUT2D eigenvalue weighted by molar-refractivity contribution is -0.144. The molecule has 1 atom stereocenters. The zero-order valence-electron chi connectivity index (χ0n) is 8.47. The first-order chi connectivity index (χ1) is 7.52. The van der Waals surface area contributed by atoms with Gasteiger partial charge in [-0.3, -0.25) is 4.79 Å². The summed E-state index contributed by atoms with van der Waals surface area (Å²) in [4.78, 5) is 33.8. The molecule has 0 bridgehead atoms. The smallest absolute Gasteiger partial charge is 0.415 e. The SMILES string of the molecule is O=C(O)[C@@H]1CC(=C2CCC2)C(=O)N1C(=O)O. The molecule has 2 amide bonds. The minimum Gasteiger partial charge on any atom is -0.480 e. The van der Waals surface area contributed by atoms with Gasteiger partial charge in [-0.25, -0.2) is 14.5 Å². The van der Waals surface area contributed by atoms with E-state index in [9.17, 15) is 14.4 Å². The van der Waals surface area contributed by atoms with E-state index in [2.05, 4.69) is 0 Å². The highest BCUT2D eigenvalue weighted by Crippen LogP contribution is 2.36. The first-order valence-electron chi connectivity index (χ1n) is 5.02. The number of hydrogen-bond acceptors (Lipinski definition) is 3. The molecular weight excluding hydrogens is 214 g/mol. The van der Waals surface area contributed by atoms with Crippen LogP contribution in [0, 0.1) is 0 Å². The number of carbonyl (C=O) groups excluding carboxylic acids is 1. The average Bonchev–Trinajstić information content (AvgIpc) is 2.41. The lowest BCUT2D eigenvalue weighted by atomic mass is 9.87. The maximum absolute atomic E-state index is 11.7. The Bertz CT molecular complexity index is 405. The Hall–Kier alpha value is -1.85. The third-order valence-corrected chi connectivity index (χ3v) is 3.06. The van der Waals surface area contributed by atoms with Crippen molar-refractivity contribution in [1.82, 2.24) is 4.90 Å². The van der Waals surface area contributed by atoms with Gasteiger partial charge in [0.15, 0.2) is 0 Å². The van der Waals surface area contributed by atoms with Crippen molar-refractivity contribution in [1.29, 1.82) is 0 Å². The standard InChI is InChI=1S/C10H11NO5/c12-8-6(5-2-1-3-5)4-7(9(13)14)11(8)10(15)16/h7H,1-4H2,(H,13,14)(H,15,16)/t7-/m0/s1. The van der Waals surface area contributed by atoms with Crippen LogP contribution in [0.5, 0.6) is 0 Å². The van der Waals surface area contributed by atoms with E-state index >= 15 is 0 Å². The Morgan fingerprint density at radius 3 is 2.19 bits per heavy atom. The molecule has 2 fully saturated rings. The van der Waals surface area contributed by atoms with Crippen LogP contribution in [0.25, 0.3) is 0 Å². The van der Waals surface area contributed by atoms with E-state index in [-0.39, 0.29) is 6.42 Å². The first-order valence-corrected chi connectivity index (χ1v) is 5.02. The molecule has 0 radical (unpaired) electrons. The Morgan fingerprint density at radius 2 is 1.88 bits per heavy atom. The number of nitrogens with zero attached hydrogens (tertiary/aromatic N) is 1. The van der Waals surface area contributed by atoms with Crippen LogP contribution in [0.2, 0.25) is 0 Å². The Balaban J connectivity index is 2.34. The van der Waals surface area contributed by atoms with Crippen LogP contribution in [0.4, 0.5) is 4.79 Å². The summed E-state index contributed by atoms with van der Waals surface area (Å²) in [7, 11) is 0. The van der Waals surface area contributed by atoms with Crippen molar-refractivity contribution in [2.75, 3.05) is 0 Å². The van der Waals surface area contributed by atoms with Crippen molar-refractivity contribution in [3.05, 3.63) is 11.1 Å². The summed E-state index contributed by atoms with van der Waals surface area (Å²) in [5.74, 6) is -1.93. The summed E-state index contributed by atoms with van der Waals surface area (Å²) in [5.41, 5.74) is 1.31. The van der Waals surface area contributed by atoms with Gasteiger partial charge in [0.1, 0.15) is 6.04 Å². The molecule has 6 nitrogen and oxygen atoms in total. The molecule has 1 aliphatic heterocycles. The molecule has 6 heteroatoms. The summed E-state index contributed by atoms with van der Waals surface area (Å²) in [6.45, 7) is 0. The normalized spacial score (nSPS) is 24.6. The zero-order valence-corrected chi connectivity index (χ0v) is 8.47. The second-order valence-electron chi connectivity index (χ2n) is 3.95. The second kappa shape index (κ2) is 3.62. The van der Waals surface area contributed by atoms with E-state index in [0.29, 0.717) is 10.5 Å². The maximum Gasteiger partial charge on any atom is 0.415 e. The number of carboxylic acids is 1. The Labute approximate surface area is 91.2 Å². The molecule has 0 aromatic carbocycles. The average molecular weight is 225 g/mol. The number of rotatable bonds is 1. The number of hydrogen-bond donors (Lipinski definition) is 2. The van der Waals surface area contributed by atoms with Crippen LogP contribution < -0.4 is 0 Å². The van der Waals surface area contributed by atoms with Gasteiger partial charge >= 0.3 is 12.1 Å². The van der Waals surface area contributed by atoms with Gasteiger partial charge in [0.05, 0.1) is 0 Å². The van der Waals surface area contributed by atoms with Gasteiger partial charge in [0.2, 0.25) is 0 Å². The van der Waals surface area contributed by atoms with Crippen molar-refractivity contribution in [3.8, 4) is 0 Å². The van der Waals surface area contributed by atoms with Crippen LogP contribution in [-0.4, -0.2) is 39.1 Å². The van der Waals surface area contributed by atoms with E-state index in [0.717, 1.165) is 24.8 Å². The molecule has 1 aliphatic carbocycles. The van der Waals surface area contributed by atoms with E-state index in [4.69, 9.17) is 10.2 Å². The molecule has 0 spiro atoms. The maximum atomic E-state index is 11.7. The van der Waals surface area contributed by atoms with Gasteiger partial charge in [0, 0.05) is 12.0 Å². The molecule has 86 valence electrons. The summed E-state index contributed by atoms with van der Waals surface area (Å²) >= 11 is 0. The van der Waals surface area contributed by atoms with Crippen molar-refractivity contribution < 1.29 is 24.6 Å². The molecule has 2 rings (SSSR count). The Morgan fingerprint density at radius 1 is 1.25 bits per heavy atom. The van der Waals surface area contributed by atoms with Crippen LogP contribution in [-0.2, 0) is 9.59 Å². The Kier molecular flexibility index (Phi) is 2.41. The number of imide groups is 1. The third-order valence-electron chi connectivity index (χ3n) is 3.06. The number of carboxylic acid groups (broad SMARTS) is 2. The van der Waals surface area contributed by atoms with Gasteiger partial charge in [0.25, 0.3) is 5.91 Å². The fourth-order valence-corrected chi connectivity index (χ4v) is 2.03. The lowest BCUT2D eigenvalue weighted by Gasteiger charge is -2.18. The predicted molar refractivity (Wildman–Crippen MR) is 51.8 cm³/mol. The van der Waals surface area contributed by atoms with E-state index in [1.165, 1.54) is 0 Å². The third kappa shape index (κ3) is 1.46. The van der Waals surface area contributed by atoms with Crippen LogP contribution in [0.3, 0.4) is 0 Å². The quantitative estimate of drug-likeness (QED) is 0.644. The largest absolute Gasteiger partial charge is 0.480 e. The van der Waals surface area contributed by atoms with Crippen molar-refractivity contribution >= 4 is 18.0 Å². The number of allylic oxidation sites excluding steroid dienone is 1. The molecule has 1 saturated carbocycles. The van der Waals surface area contributed by atoms with E-state index in [1.807, 2.05) is 0 Å². The van der Waals surface area contributed by atoms with Crippen LogP contribution in [0.1, 0.15) is 25.7 Å². The number of carbonyl (C=O) groups is 3. The van der Waals surface area contributed by atoms with Crippen LogP contribution >= 0.6 is 0 Å². The zero-order chi connectivity index (χ0) is 11.9. The topological polar surface area (TPSA) is 94.9 Å². The molecule has 1 saturated heterocycles. The van der Waals surface area contributed by atoms with Gasteiger partial charge in [-0.05, 0) is 19.3 Å². The number of aliphatic carboxylic acids is 1. The summed E-state index contributed by atoms with van der Waals surface area (Å²) in [5, 5.41) is 17.7. The van der Waals surface area contributed by atoms with Gasteiger partial charge in [-0.1, -0.05) is 5.57 Å². The van der Waals surface area contributed by atoms with Crippen molar-refractivity contribution in [2.24, 2.45) is 0 Å². The van der Waals surface area contributed by atoms with Crippen molar-refractivity contribution in [2.45, 2.75) is 31.7 Å². The summed E-state index contributed by atoms with van der Waals surface area (Å²) in [6.07, 6.45) is 1.06. The highest BCUT2D eigenvalue weighted by atomic mass is 16.4. The molecule has 2 N–H and O–H groups in total. The van der Waals surface area contributed by atoms with E-state index < -0.39 is 24.0 Å². The fraction of sp³-hybridized carbons (Fsp3) is 0.500. The molecule has 16 heavy (non-hydrogen) atoms. The molecular formula is C10H11NO5. The van der Waals surface area contributed by atoms with Gasteiger partial charge < -0.3 is 10.2 Å². The number of amides is 2. The monoisotopic (exact) mass is 225 g/mol. The highest BCUT2D eigenvalue weighted by molar-refractivity contribution is 6.08. The molecule has 2 aliphatic rings. The van der Waals surface area contributed by atoms with Crippen LogP contribution in [0.15, 0.2) is 11.1 Å². The fourth-order valence-electron chi connectivity index (χ4n) is 2.03. The number of likely N-dealkylation sites (tertiary alicyclic amines) is 1. The summed E-state index contributed by atoms with van der Waals surface area (Å²) < 4.78 is 0.